The molecular formula is C24H26N2O3. The molecule has 29 heavy (non-hydrogen) atoms. The second kappa shape index (κ2) is 8.90. The lowest BCUT2D eigenvalue weighted by molar-refractivity contribution is -0.187. The maximum atomic E-state index is 12.2. The third-order valence-corrected chi connectivity index (χ3v) is 4.83. The minimum atomic E-state index is -1.07. The average molecular weight is 390 g/mol. The highest BCUT2D eigenvalue weighted by Crippen LogP contribution is 2.23. The lowest BCUT2D eigenvalue weighted by Crippen LogP contribution is -2.44. The SMILES string of the molecule is COC(C)(C)C(=O)N(O)Cc1ccc(Nc2ccc(-c3ccccc3)cc2)cc1. The molecule has 150 valence electrons. The first kappa shape index (κ1) is 20.6. The Morgan fingerprint density at radius 1 is 0.897 bits per heavy atom. The summed E-state index contributed by atoms with van der Waals surface area (Å²) in [6.07, 6.45) is 0. The van der Waals surface area contributed by atoms with Gasteiger partial charge in [-0.3, -0.25) is 10.0 Å². The van der Waals surface area contributed by atoms with Gasteiger partial charge in [-0.1, -0.05) is 54.6 Å². The van der Waals surface area contributed by atoms with Gasteiger partial charge in [-0.2, -0.15) is 0 Å². The van der Waals surface area contributed by atoms with Crippen LogP contribution in [0.5, 0.6) is 0 Å². The Morgan fingerprint density at radius 2 is 1.41 bits per heavy atom. The number of carbonyl (C=O) groups excluding carboxylic acids is 1. The normalized spacial score (nSPS) is 11.2. The van der Waals surface area contributed by atoms with Gasteiger partial charge in [-0.15, -0.1) is 0 Å². The Bertz CT molecular complexity index is 936. The molecule has 0 aromatic heterocycles. The van der Waals surface area contributed by atoms with Crippen LogP contribution >= 0.6 is 0 Å². The number of nitrogens with zero attached hydrogens (tertiary/aromatic N) is 1. The maximum absolute atomic E-state index is 12.2. The van der Waals surface area contributed by atoms with Crippen LogP contribution in [0.3, 0.4) is 0 Å². The first-order valence-corrected chi connectivity index (χ1v) is 9.46. The van der Waals surface area contributed by atoms with Gasteiger partial charge in [0.25, 0.3) is 5.91 Å². The monoisotopic (exact) mass is 390 g/mol. The van der Waals surface area contributed by atoms with E-state index in [4.69, 9.17) is 4.74 Å². The molecule has 2 N–H and O–H groups in total. The van der Waals surface area contributed by atoms with Crippen molar-refractivity contribution in [2.75, 3.05) is 12.4 Å². The van der Waals surface area contributed by atoms with Crippen LogP contribution in [0.2, 0.25) is 0 Å². The Morgan fingerprint density at radius 3 is 1.97 bits per heavy atom. The van der Waals surface area contributed by atoms with Crippen molar-refractivity contribution >= 4 is 17.3 Å². The van der Waals surface area contributed by atoms with Crippen molar-refractivity contribution in [2.45, 2.75) is 26.0 Å². The molecule has 0 saturated heterocycles. The Balaban J connectivity index is 1.61. The second-order valence-electron chi connectivity index (χ2n) is 7.34. The molecule has 0 spiro atoms. The third-order valence-electron chi connectivity index (χ3n) is 4.83. The van der Waals surface area contributed by atoms with Crippen LogP contribution in [0, 0.1) is 0 Å². The van der Waals surface area contributed by atoms with Gasteiger partial charge in [0, 0.05) is 18.5 Å². The molecule has 0 aliphatic rings. The van der Waals surface area contributed by atoms with Crippen molar-refractivity contribution in [1.82, 2.24) is 5.06 Å². The number of carbonyl (C=O) groups is 1. The predicted octanol–water partition coefficient (Wildman–Crippen LogP) is 5.24. The van der Waals surface area contributed by atoms with Crippen molar-refractivity contribution < 1.29 is 14.7 Å². The molecule has 5 nitrogen and oxygen atoms in total. The van der Waals surface area contributed by atoms with Crippen LogP contribution in [-0.4, -0.2) is 28.9 Å². The Labute approximate surface area is 171 Å². The van der Waals surface area contributed by atoms with Crippen LogP contribution in [-0.2, 0) is 16.1 Å². The zero-order valence-electron chi connectivity index (χ0n) is 16.9. The number of methoxy groups -OCH3 is 1. The van der Waals surface area contributed by atoms with Gasteiger partial charge < -0.3 is 10.1 Å². The maximum Gasteiger partial charge on any atom is 0.277 e. The summed E-state index contributed by atoms with van der Waals surface area (Å²) in [5, 5.41) is 14.1. The molecular weight excluding hydrogens is 364 g/mol. The van der Waals surface area contributed by atoms with E-state index in [1.165, 1.54) is 12.7 Å². The van der Waals surface area contributed by atoms with Crippen LogP contribution in [0.1, 0.15) is 19.4 Å². The molecule has 0 unspecified atom stereocenters. The summed E-state index contributed by atoms with van der Waals surface area (Å²) in [5.74, 6) is -0.485. The van der Waals surface area contributed by atoms with Crippen molar-refractivity contribution in [3.63, 3.8) is 0 Å². The number of hydroxylamine groups is 2. The van der Waals surface area contributed by atoms with E-state index in [1.807, 2.05) is 54.6 Å². The van der Waals surface area contributed by atoms with Crippen molar-refractivity contribution in [3.8, 4) is 11.1 Å². The molecule has 1 amide bonds. The van der Waals surface area contributed by atoms with E-state index in [0.29, 0.717) is 5.06 Å². The van der Waals surface area contributed by atoms with Crippen LogP contribution in [0.25, 0.3) is 11.1 Å². The molecule has 0 fully saturated rings. The highest BCUT2D eigenvalue weighted by molar-refractivity contribution is 5.83. The van der Waals surface area contributed by atoms with Crippen molar-refractivity contribution in [3.05, 3.63) is 84.4 Å². The third kappa shape index (κ3) is 5.22. The minimum Gasteiger partial charge on any atom is -0.369 e. The van der Waals surface area contributed by atoms with Gasteiger partial charge in [-0.25, -0.2) is 5.06 Å². The van der Waals surface area contributed by atoms with E-state index >= 15 is 0 Å². The summed E-state index contributed by atoms with van der Waals surface area (Å²) < 4.78 is 5.12. The quantitative estimate of drug-likeness (QED) is 0.428. The second-order valence-corrected chi connectivity index (χ2v) is 7.34. The summed E-state index contributed by atoms with van der Waals surface area (Å²) in [6.45, 7) is 3.33. The molecule has 3 aromatic rings. The van der Waals surface area contributed by atoms with E-state index < -0.39 is 11.5 Å². The van der Waals surface area contributed by atoms with Gasteiger partial charge in [0.1, 0.15) is 5.60 Å². The van der Waals surface area contributed by atoms with E-state index in [9.17, 15) is 10.0 Å². The predicted molar refractivity (Wildman–Crippen MR) is 115 cm³/mol. The molecule has 0 heterocycles. The van der Waals surface area contributed by atoms with Gasteiger partial charge in [0.05, 0.1) is 6.54 Å². The first-order valence-electron chi connectivity index (χ1n) is 9.46. The van der Waals surface area contributed by atoms with Gasteiger partial charge >= 0.3 is 0 Å². The van der Waals surface area contributed by atoms with E-state index in [-0.39, 0.29) is 6.54 Å². The largest absolute Gasteiger partial charge is 0.369 e. The highest BCUT2D eigenvalue weighted by Gasteiger charge is 2.31. The fourth-order valence-corrected chi connectivity index (χ4v) is 2.88. The number of nitrogens with one attached hydrogen (secondary N) is 1. The van der Waals surface area contributed by atoms with Crippen molar-refractivity contribution in [2.24, 2.45) is 0 Å². The van der Waals surface area contributed by atoms with E-state index in [0.717, 1.165) is 22.5 Å². The lowest BCUT2D eigenvalue weighted by Gasteiger charge is -2.26. The number of ether oxygens (including phenoxy) is 1. The lowest BCUT2D eigenvalue weighted by atomic mass is 10.1. The zero-order valence-corrected chi connectivity index (χ0v) is 16.9. The molecule has 0 atom stereocenters. The molecule has 0 aliphatic heterocycles. The smallest absolute Gasteiger partial charge is 0.277 e. The summed E-state index contributed by atoms with van der Waals surface area (Å²) in [5.41, 5.74) is 4.01. The standard InChI is InChI=1S/C24H26N2O3/c1-24(2,29-3)23(27)26(28)17-18-9-13-21(14-10-18)25-22-15-11-20(12-16-22)19-7-5-4-6-8-19/h4-16,25,28H,17H2,1-3H3. The molecule has 3 rings (SSSR count). The molecule has 0 radical (unpaired) electrons. The molecule has 5 heteroatoms. The minimum absolute atomic E-state index is 0.0949. The van der Waals surface area contributed by atoms with Crippen LogP contribution in [0.15, 0.2) is 78.9 Å². The summed E-state index contributed by atoms with van der Waals surface area (Å²) in [4.78, 5) is 12.2. The summed E-state index contributed by atoms with van der Waals surface area (Å²) in [7, 11) is 1.44. The molecule has 0 aliphatic carbocycles. The van der Waals surface area contributed by atoms with E-state index in [1.54, 1.807) is 13.8 Å². The number of amides is 1. The topological polar surface area (TPSA) is 61.8 Å². The first-order chi connectivity index (χ1) is 13.9. The van der Waals surface area contributed by atoms with Gasteiger partial charge in [-0.05, 0) is 54.8 Å². The summed E-state index contributed by atoms with van der Waals surface area (Å²) >= 11 is 0. The molecule has 0 saturated carbocycles. The van der Waals surface area contributed by atoms with Gasteiger partial charge in [0.15, 0.2) is 0 Å². The fourth-order valence-electron chi connectivity index (χ4n) is 2.88. The number of rotatable bonds is 7. The molecule has 0 bridgehead atoms. The van der Waals surface area contributed by atoms with Gasteiger partial charge in [0.2, 0.25) is 0 Å². The molecule has 3 aromatic carbocycles. The Kier molecular flexibility index (Phi) is 6.32. The number of hydrogen-bond donors (Lipinski definition) is 2. The summed E-state index contributed by atoms with van der Waals surface area (Å²) in [6, 6.07) is 26.1. The highest BCUT2D eigenvalue weighted by atomic mass is 16.5. The van der Waals surface area contributed by atoms with Crippen LogP contribution < -0.4 is 5.32 Å². The Hall–Kier alpha value is -3.15. The number of hydrogen-bond acceptors (Lipinski definition) is 4. The van der Waals surface area contributed by atoms with Crippen LogP contribution in [0.4, 0.5) is 11.4 Å². The van der Waals surface area contributed by atoms with E-state index in [2.05, 4.69) is 29.6 Å². The van der Waals surface area contributed by atoms with Crippen molar-refractivity contribution in [1.29, 1.82) is 0 Å². The zero-order chi connectivity index (χ0) is 20.9. The fraction of sp³-hybridized carbons (Fsp3) is 0.208. The number of anilines is 2. The average Bonchev–Trinajstić information content (AvgIpc) is 2.75. The number of benzene rings is 3.